The van der Waals surface area contributed by atoms with E-state index in [-0.39, 0.29) is 11.6 Å². The summed E-state index contributed by atoms with van der Waals surface area (Å²) in [5.41, 5.74) is 8.92. The van der Waals surface area contributed by atoms with Crippen LogP contribution in [0.5, 0.6) is 0 Å². The first-order valence-corrected chi connectivity index (χ1v) is 18.2. The second-order valence-corrected chi connectivity index (χ2v) is 13.4. The SMILES string of the molecule is Fc1ccc(-c2nn(C(c3ccccc3)(c3ccccc3)c3ccccc3)cc2-c2ccc3nc(NCc4ccccc4)n(-c4ccc(F)cc4)c3c2)cc1. The van der Waals surface area contributed by atoms with Crippen LogP contribution < -0.4 is 5.32 Å². The first-order valence-electron chi connectivity index (χ1n) is 18.2. The molecule has 0 saturated carbocycles. The lowest BCUT2D eigenvalue weighted by Gasteiger charge is -2.36. The van der Waals surface area contributed by atoms with E-state index in [1.807, 2.05) is 47.0 Å². The molecule has 0 fully saturated rings. The Hall–Kier alpha value is -7.12. The van der Waals surface area contributed by atoms with Crippen LogP contribution in [0.15, 0.2) is 194 Å². The predicted octanol–water partition coefficient (Wildman–Crippen LogP) is 11.3. The van der Waals surface area contributed by atoms with Gasteiger partial charge in [-0.05, 0) is 88.5 Å². The monoisotopic (exact) mass is 719 g/mol. The molecular weight excluding hydrogens is 685 g/mol. The van der Waals surface area contributed by atoms with Gasteiger partial charge in [0.2, 0.25) is 5.95 Å². The molecule has 0 atom stereocenters. The van der Waals surface area contributed by atoms with Gasteiger partial charge < -0.3 is 5.32 Å². The van der Waals surface area contributed by atoms with Crippen molar-refractivity contribution in [1.29, 1.82) is 0 Å². The molecule has 9 rings (SSSR count). The maximum Gasteiger partial charge on any atom is 0.208 e. The van der Waals surface area contributed by atoms with E-state index in [4.69, 9.17) is 10.1 Å². The molecule has 0 bridgehead atoms. The molecule has 0 unspecified atom stereocenters. The number of aromatic nitrogens is 4. The fraction of sp³-hybridized carbons (Fsp3) is 0.0417. The smallest absolute Gasteiger partial charge is 0.208 e. The topological polar surface area (TPSA) is 47.7 Å². The summed E-state index contributed by atoms with van der Waals surface area (Å²) >= 11 is 0. The van der Waals surface area contributed by atoms with Gasteiger partial charge in [0.1, 0.15) is 22.9 Å². The number of hydrogen-bond donors (Lipinski definition) is 1. The Labute approximate surface area is 317 Å². The lowest BCUT2D eigenvalue weighted by atomic mass is 9.77. The molecular formula is C48H35F2N5. The summed E-state index contributed by atoms with van der Waals surface area (Å²) < 4.78 is 32.7. The molecule has 55 heavy (non-hydrogen) atoms. The van der Waals surface area contributed by atoms with Crippen molar-refractivity contribution in [3.8, 4) is 28.1 Å². The predicted molar refractivity (Wildman–Crippen MR) is 216 cm³/mol. The number of imidazole rings is 1. The van der Waals surface area contributed by atoms with E-state index in [1.165, 1.54) is 24.3 Å². The summed E-state index contributed by atoms with van der Waals surface area (Å²) in [6.07, 6.45) is 2.10. The Morgan fingerprint density at radius 3 is 1.62 bits per heavy atom. The third-order valence-electron chi connectivity index (χ3n) is 10.1. The van der Waals surface area contributed by atoms with Crippen molar-refractivity contribution >= 4 is 17.0 Å². The molecule has 0 saturated heterocycles. The van der Waals surface area contributed by atoms with Crippen molar-refractivity contribution in [2.75, 3.05) is 5.32 Å². The lowest BCUT2D eigenvalue weighted by molar-refractivity contribution is 0.461. The molecule has 0 aliphatic rings. The van der Waals surface area contributed by atoms with E-state index in [1.54, 1.807) is 24.3 Å². The largest absolute Gasteiger partial charge is 0.351 e. The standard InChI is InChI=1S/C48H35F2N5/c49-40-24-21-35(22-25-40)46-43(33-54(53-46)48(37-15-7-2-8-16-37,38-17-9-3-10-18-38)39-19-11-4-12-20-39)36-23-30-44-45(31-36)55(42-28-26-41(50)27-29-42)47(52-44)51-32-34-13-5-1-6-14-34/h1-31,33H,32H2,(H,51,52). The van der Waals surface area contributed by atoms with Gasteiger partial charge in [0.05, 0.1) is 11.0 Å². The molecule has 9 aromatic rings. The van der Waals surface area contributed by atoms with Crippen LogP contribution in [-0.4, -0.2) is 19.3 Å². The van der Waals surface area contributed by atoms with E-state index in [0.29, 0.717) is 18.2 Å². The van der Waals surface area contributed by atoms with Gasteiger partial charge in [-0.1, -0.05) is 127 Å². The molecule has 2 aromatic heterocycles. The average Bonchev–Trinajstić information content (AvgIpc) is 3.85. The van der Waals surface area contributed by atoms with Gasteiger partial charge in [0, 0.05) is 29.6 Å². The van der Waals surface area contributed by atoms with Crippen LogP contribution in [-0.2, 0) is 12.1 Å². The number of nitrogens with zero attached hydrogens (tertiary/aromatic N) is 4. The Kier molecular flexibility index (Phi) is 8.80. The van der Waals surface area contributed by atoms with Crippen LogP contribution in [0.2, 0.25) is 0 Å². The van der Waals surface area contributed by atoms with E-state index in [0.717, 1.165) is 55.7 Å². The number of fused-ring (bicyclic) bond motifs is 1. The zero-order chi connectivity index (χ0) is 37.2. The van der Waals surface area contributed by atoms with Gasteiger partial charge in [-0.25, -0.2) is 13.8 Å². The molecule has 0 spiro atoms. The second-order valence-electron chi connectivity index (χ2n) is 13.4. The average molecular weight is 720 g/mol. The first kappa shape index (κ1) is 33.7. The van der Waals surface area contributed by atoms with Crippen molar-refractivity contribution in [3.05, 3.63) is 228 Å². The van der Waals surface area contributed by atoms with E-state index in [2.05, 4.69) is 113 Å². The highest BCUT2D eigenvalue weighted by molar-refractivity contribution is 5.89. The first-order chi connectivity index (χ1) is 27.1. The molecule has 266 valence electrons. The van der Waals surface area contributed by atoms with Gasteiger partial charge in [-0.15, -0.1) is 0 Å². The number of rotatable bonds is 10. The third-order valence-corrected chi connectivity index (χ3v) is 10.1. The van der Waals surface area contributed by atoms with Gasteiger partial charge in [0.15, 0.2) is 0 Å². The van der Waals surface area contributed by atoms with Crippen LogP contribution in [0.1, 0.15) is 22.3 Å². The molecule has 2 heterocycles. The van der Waals surface area contributed by atoms with Crippen LogP contribution in [0.4, 0.5) is 14.7 Å². The molecule has 0 amide bonds. The summed E-state index contributed by atoms with van der Waals surface area (Å²) in [5.74, 6) is -0.00635. The molecule has 7 heteroatoms. The number of benzene rings is 7. The van der Waals surface area contributed by atoms with Gasteiger partial charge >= 0.3 is 0 Å². The normalized spacial score (nSPS) is 11.5. The van der Waals surface area contributed by atoms with Gasteiger partial charge in [0.25, 0.3) is 0 Å². The Morgan fingerprint density at radius 2 is 1.05 bits per heavy atom. The van der Waals surface area contributed by atoms with E-state index >= 15 is 0 Å². The number of halogens is 2. The van der Waals surface area contributed by atoms with Crippen molar-refractivity contribution < 1.29 is 8.78 Å². The van der Waals surface area contributed by atoms with Crippen molar-refractivity contribution in [3.63, 3.8) is 0 Å². The van der Waals surface area contributed by atoms with Crippen LogP contribution in [0, 0.1) is 11.6 Å². The van der Waals surface area contributed by atoms with Crippen molar-refractivity contribution in [2.45, 2.75) is 12.1 Å². The minimum Gasteiger partial charge on any atom is -0.351 e. The van der Waals surface area contributed by atoms with Crippen molar-refractivity contribution in [2.24, 2.45) is 0 Å². The summed E-state index contributed by atoms with van der Waals surface area (Å²) in [6.45, 7) is 0.556. The lowest BCUT2D eigenvalue weighted by Crippen LogP contribution is -2.38. The summed E-state index contributed by atoms with van der Waals surface area (Å²) in [7, 11) is 0. The maximum atomic E-state index is 14.4. The highest BCUT2D eigenvalue weighted by Crippen LogP contribution is 2.43. The highest BCUT2D eigenvalue weighted by atomic mass is 19.1. The summed E-state index contributed by atoms with van der Waals surface area (Å²) in [6, 6.07) is 60.4. The molecule has 0 radical (unpaired) electrons. The number of nitrogens with one attached hydrogen (secondary N) is 1. The van der Waals surface area contributed by atoms with E-state index in [9.17, 15) is 8.78 Å². The molecule has 1 N–H and O–H groups in total. The second kappa shape index (κ2) is 14.4. The molecule has 7 aromatic carbocycles. The quantitative estimate of drug-likeness (QED) is 0.143. The zero-order valence-corrected chi connectivity index (χ0v) is 29.7. The highest BCUT2D eigenvalue weighted by Gasteiger charge is 2.40. The fourth-order valence-corrected chi connectivity index (χ4v) is 7.50. The molecule has 5 nitrogen and oxygen atoms in total. The fourth-order valence-electron chi connectivity index (χ4n) is 7.50. The minimum absolute atomic E-state index is 0.317. The maximum absolute atomic E-state index is 14.4. The Morgan fingerprint density at radius 1 is 0.545 bits per heavy atom. The minimum atomic E-state index is -0.870. The van der Waals surface area contributed by atoms with Crippen LogP contribution in [0.25, 0.3) is 39.1 Å². The zero-order valence-electron chi connectivity index (χ0n) is 29.7. The molecule has 0 aliphatic heterocycles. The number of hydrogen-bond acceptors (Lipinski definition) is 3. The Bertz CT molecular complexity index is 2590. The summed E-state index contributed by atoms with van der Waals surface area (Å²) in [5, 5.41) is 8.96. The van der Waals surface area contributed by atoms with Crippen LogP contribution in [0.3, 0.4) is 0 Å². The third kappa shape index (κ3) is 6.25. The Balaban J connectivity index is 1.29. The van der Waals surface area contributed by atoms with Gasteiger partial charge in [-0.3, -0.25) is 9.25 Å². The van der Waals surface area contributed by atoms with Crippen molar-refractivity contribution in [1.82, 2.24) is 19.3 Å². The number of anilines is 1. The molecule has 0 aliphatic carbocycles. The van der Waals surface area contributed by atoms with E-state index < -0.39 is 5.54 Å². The van der Waals surface area contributed by atoms with Gasteiger partial charge in [-0.2, -0.15) is 5.10 Å². The summed E-state index contributed by atoms with van der Waals surface area (Å²) in [4.78, 5) is 5.01. The van der Waals surface area contributed by atoms with Crippen LogP contribution >= 0.6 is 0 Å².